The van der Waals surface area contributed by atoms with Crippen LogP contribution in [0.1, 0.15) is 105 Å². The second-order valence-corrected chi connectivity index (χ2v) is 14.6. The van der Waals surface area contributed by atoms with Crippen LogP contribution in [0.3, 0.4) is 0 Å². The molecule has 0 aromatic rings. The maximum absolute atomic E-state index is 14.1. The average molecular weight is 595 g/mol. The number of methoxy groups -OCH3 is 1. The number of fused-ring (bicyclic) bond motifs is 2. The zero-order valence-corrected chi connectivity index (χ0v) is 26.4. The molecule has 2 fully saturated rings. The normalized spacial score (nSPS) is 27.1. The number of aliphatic hydroxyl groups excluding tert-OH is 1. The van der Waals surface area contributed by atoms with Crippen LogP contribution in [0.15, 0.2) is 24.4 Å². The van der Waals surface area contributed by atoms with Gasteiger partial charge < -0.3 is 9.84 Å². The molecule has 3 aliphatic rings. The van der Waals surface area contributed by atoms with Crippen LogP contribution in [0.25, 0.3) is 0 Å². The summed E-state index contributed by atoms with van der Waals surface area (Å²) in [5.74, 6) is -1.19. The van der Waals surface area contributed by atoms with Gasteiger partial charge in [0.05, 0.1) is 42.0 Å². The second kappa shape index (κ2) is 13.4. The Hall–Kier alpha value is -2.20. The Morgan fingerprint density at radius 2 is 1.83 bits per heavy atom. The van der Waals surface area contributed by atoms with E-state index in [9.17, 15) is 27.9 Å². The van der Waals surface area contributed by atoms with Gasteiger partial charge >= 0.3 is 12.0 Å². The quantitative estimate of drug-likeness (QED) is 0.145. The number of ketones is 1. The topological polar surface area (TPSA) is 121 Å². The number of nitrogens with zero attached hydrogens (tertiary/aromatic N) is 2. The molecule has 10 heteroatoms. The summed E-state index contributed by atoms with van der Waals surface area (Å²) in [6.45, 7) is 11.4. The summed E-state index contributed by atoms with van der Waals surface area (Å²) in [4.78, 5) is 40.9. The molecule has 9 nitrogen and oxygen atoms in total. The van der Waals surface area contributed by atoms with Gasteiger partial charge in [-0.25, -0.2) is 22.3 Å². The Bertz CT molecular complexity index is 1130. The maximum atomic E-state index is 14.1. The number of unbranched alkanes of at least 4 members (excludes halogenated alkanes) is 6. The summed E-state index contributed by atoms with van der Waals surface area (Å²) in [7, 11) is -3.14. The van der Waals surface area contributed by atoms with E-state index >= 15 is 0 Å². The first-order valence-corrected chi connectivity index (χ1v) is 16.9. The van der Waals surface area contributed by atoms with Crippen LogP contribution in [-0.4, -0.2) is 71.6 Å². The van der Waals surface area contributed by atoms with Gasteiger partial charge in [0.25, 0.3) is 0 Å². The van der Waals surface area contributed by atoms with Crippen LogP contribution in [0.2, 0.25) is 0 Å². The molecule has 0 aromatic heterocycles. The molecule has 1 aliphatic heterocycles. The van der Waals surface area contributed by atoms with Gasteiger partial charge in [-0.15, -0.1) is 6.58 Å². The summed E-state index contributed by atoms with van der Waals surface area (Å²) >= 11 is 0. The van der Waals surface area contributed by atoms with Gasteiger partial charge in [0.15, 0.2) is 0 Å². The fourth-order valence-electron chi connectivity index (χ4n) is 7.20. The van der Waals surface area contributed by atoms with Crippen molar-refractivity contribution in [2.24, 2.45) is 16.7 Å². The summed E-state index contributed by atoms with van der Waals surface area (Å²) in [5, 5.41) is 10.8. The van der Waals surface area contributed by atoms with E-state index in [1.54, 1.807) is 0 Å². The fraction of sp³-hybridized carbons (Fsp3) is 0.774. The van der Waals surface area contributed by atoms with Gasteiger partial charge in [0, 0.05) is 12.6 Å². The van der Waals surface area contributed by atoms with Gasteiger partial charge in [0.2, 0.25) is 10.0 Å². The highest BCUT2D eigenvalue weighted by Crippen LogP contribution is 2.64. The van der Waals surface area contributed by atoms with Crippen LogP contribution in [0.5, 0.6) is 0 Å². The van der Waals surface area contributed by atoms with Gasteiger partial charge in [-0.05, 0) is 43.9 Å². The number of carbonyl (C=O) groups is 3. The van der Waals surface area contributed by atoms with Crippen molar-refractivity contribution in [3.63, 3.8) is 0 Å². The lowest BCUT2D eigenvalue weighted by molar-refractivity contribution is -0.136. The zero-order chi connectivity index (χ0) is 30.6. The standard InChI is InChI=1S/C31H50N2O7S/c1-7-9-10-11-12-13-14-15-25(34)19-24(8-2)32-20-26(28(36)40-6)22(3)33(29(32)37)41(38,39)21-31-17-16-23(18-27(31)35)30(31,4)5/h8,20,22-25,34H,2,7,9-19,21H2,1,3-6H3/t22-,23-,24+,25+,31-/m1/s1. The third-order valence-electron chi connectivity index (χ3n) is 10.1. The third kappa shape index (κ3) is 6.58. The van der Waals surface area contributed by atoms with Crippen LogP contribution < -0.4 is 0 Å². The van der Waals surface area contributed by atoms with Crippen LogP contribution in [0.4, 0.5) is 4.79 Å². The molecule has 3 rings (SSSR count). The Balaban J connectivity index is 1.81. The van der Waals surface area contributed by atoms with Crippen LogP contribution in [0, 0.1) is 16.7 Å². The number of hydrogen-bond acceptors (Lipinski definition) is 7. The van der Waals surface area contributed by atoms with Gasteiger partial charge in [0.1, 0.15) is 5.78 Å². The van der Waals surface area contributed by atoms with E-state index in [1.165, 1.54) is 56.9 Å². The van der Waals surface area contributed by atoms with Crippen molar-refractivity contribution in [3.05, 3.63) is 24.4 Å². The lowest BCUT2D eigenvalue weighted by Crippen LogP contribution is -2.58. The van der Waals surface area contributed by atoms with E-state index in [2.05, 4.69) is 13.5 Å². The number of hydrogen-bond donors (Lipinski definition) is 1. The third-order valence-corrected chi connectivity index (χ3v) is 12.0. The number of carbonyl (C=O) groups excluding carboxylic acids is 3. The Morgan fingerprint density at radius 3 is 2.37 bits per heavy atom. The number of rotatable bonds is 16. The van der Waals surface area contributed by atoms with Crippen molar-refractivity contribution in [3.8, 4) is 0 Å². The van der Waals surface area contributed by atoms with E-state index in [1.807, 2.05) is 13.8 Å². The summed E-state index contributed by atoms with van der Waals surface area (Å²) in [6.07, 6.45) is 12.1. The van der Waals surface area contributed by atoms with Crippen molar-refractivity contribution in [1.29, 1.82) is 0 Å². The maximum Gasteiger partial charge on any atom is 0.338 e. The number of Topliss-reactive ketones (excluding diaryl/α,β-unsaturated/α-hetero) is 1. The average Bonchev–Trinajstić information content (AvgIpc) is 3.25. The monoisotopic (exact) mass is 594 g/mol. The minimum atomic E-state index is -4.34. The number of urea groups is 1. The van der Waals surface area contributed by atoms with Crippen molar-refractivity contribution in [2.75, 3.05) is 12.9 Å². The first-order chi connectivity index (χ1) is 19.3. The zero-order valence-electron chi connectivity index (χ0n) is 25.6. The molecule has 232 valence electrons. The highest BCUT2D eigenvalue weighted by atomic mass is 32.2. The van der Waals surface area contributed by atoms with Crippen molar-refractivity contribution in [2.45, 2.75) is 123 Å². The molecule has 41 heavy (non-hydrogen) atoms. The molecule has 2 amide bonds. The number of esters is 1. The highest BCUT2D eigenvalue weighted by molar-refractivity contribution is 7.89. The molecule has 0 aromatic carbocycles. The number of amides is 2. The Labute approximate surface area is 246 Å². The molecule has 2 saturated carbocycles. The first-order valence-electron chi connectivity index (χ1n) is 15.3. The Morgan fingerprint density at radius 1 is 1.20 bits per heavy atom. The van der Waals surface area contributed by atoms with Crippen molar-refractivity contribution in [1.82, 2.24) is 9.21 Å². The van der Waals surface area contributed by atoms with Crippen molar-refractivity contribution < 1.29 is 32.6 Å². The SMILES string of the molecule is C=C[C@@H](C[C@@H](O)CCCCCCCCC)N1C=C(C(=O)OC)[C@@H](C)N(S(=O)(=O)C[C@]23CC[C@H](CC2=O)C3(C)C)C1=O. The molecule has 0 saturated heterocycles. The van der Waals surface area contributed by atoms with Crippen LogP contribution >= 0.6 is 0 Å². The minimum Gasteiger partial charge on any atom is -0.466 e. The van der Waals surface area contributed by atoms with Crippen LogP contribution in [-0.2, 0) is 24.3 Å². The van der Waals surface area contributed by atoms with Crippen molar-refractivity contribution >= 4 is 27.8 Å². The summed E-state index contributed by atoms with van der Waals surface area (Å²) in [6, 6.07) is -2.69. The molecular formula is C31H50N2O7S. The predicted octanol–water partition coefficient (Wildman–Crippen LogP) is 5.34. The fourth-order valence-corrected chi connectivity index (χ4v) is 9.57. The van der Waals surface area contributed by atoms with Gasteiger partial charge in [-0.1, -0.05) is 71.8 Å². The molecule has 0 unspecified atom stereocenters. The molecule has 5 atom stereocenters. The van der Waals surface area contributed by atoms with E-state index < -0.39 is 56.8 Å². The summed E-state index contributed by atoms with van der Waals surface area (Å²) in [5.41, 5.74) is -1.58. The van der Waals surface area contributed by atoms with E-state index in [0.29, 0.717) is 19.3 Å². The lowest BCUT2D eigenvalue weighted by atomic mass is 9.70. The number of ether oxygens (including phenoxy) is 1. The first kappa shape index (κ1) is 33.3. The predicted molar refractivity (Wildman–Crippen MR) is 158 cm³/mol. The van der Waals surface area contributed by atoms with Gasteiger partial charge in [-0.3, -0.25) is 9.69 Å². The highest BCUT2D eigenvalue weighted by Gasteiger charge is 2.66. The molecule has 0 spiro atoms. The molecule has 2 aliphatic carbocycles. The molecular weight excluding hydrogens is 544 g/mol. The molecule has 0 radical (unpaired) electrons. The molecule has 1 heterocycles. The number of sulfonamides is 1. The van der Waals surface area contributed by atoms with E-state index in [0.717, 1.165) is 30.0 Å². The molecule has 1 N–H and O–H groups in total. The lowest BCUT2D eigenvalue weighted by Gasteiger charge is -2.43. The molecule has 2 bridgehead atoms. The van der Waals surface area contributed by atoms with Gasteiger partial charge in [-0.2, -0.15) is 0 Å². The Kier molecular flexibility index (Phi) is 10.9. The van der Waals surface area contributed by atoms with E-state index in [-0.39, 0.29) is 23.7 Å². The minimum absolute atomic E-state index is 0.00269. The summed E-state index contributed by atoms with van der Waals surface area (Å²) < 4.78 is 33.8. The van der Waals surface area contributed by atoms with E-state index in [4.69, 9.17) is 4.74 Å². The number of aliphatic hydroxyl groups is 1. The second-order valence-electron chi connectivity index (χ2n) is 12.8. The largest absolute Gasteiger partial charge is 0.466 e. The smallest absolute Gasteiger partial charge is 0.338 e.